The molecule has 0 aliphatic carbocycles. The van der Waals surface area contributed by atoms with Crippen LogP contribution in [0.2, 0.25) is 0 Å². The van der Waals surface area contributed by atoms with Crippen LogP contribution >= 0.6 is 0 Å². The third-order valence-electron chi connectivity index (χ3n) is 7.94. The summed E-state index contributed by atoms with van der Waals surface area (Å²) >= 11 is 0. The smallest absolute Gasteiger partial charge is 0.252 e. The van der Waals surface area contributed by atoms with E-state index in [4.69, 9.17) is 6.57 Å². The maximum atomic E-state index is 7.83. The van der Waals surface area contributed by atoms with Crippen molar-refractivity contribution in [2.75, 3.05) is 0 Å². The highest BCUT2D eigenvalue weighted by atomic mass is 15.0. The highest BCUT2D eigenvalue weighted by Gasteiger charge is 2.30. The molecule has 6 aromatic rings. The Hall–Kier alpha value is -3.64. The Balaban J connectivity index is 2.01. The molecule has 0 aliphatic heterocycles. The molecule has 0 spiro atoms. The molecule has 0 bridgehead atoms. The number of aromatic nitrogens is 2. The van der Waals surface area contributed by atoms with Gasteiger partial charge in [0.15, 0.2) is 6.20 Å². The molecule has 34 heavy (non-hydrogen) atoms. The number of benzene rings is 3. The third kappa shape index (κ3) is 2.54. The number of pyridine rings is 2. The summed E-state index contributed by atoms with van der Waals surface area (Å²) in [5.41, 5.74) is 9.47. The highest BCUT2D eigenvalue weighted by molar-refractivity contribution is 6.26. The Morgan fingerprint density at radius 1 is 0.941 bits per heavy atom. The molecule has 0 aliphatic rings. The molecule has 3 heteroatoms. The third-order valence-corrected chi connectivity index (χ3v) is 7.94. The van der Waals surface area contributed by atoms with E-state index in [1.807, 2.05) is 13.8 Å². The van der Waals surface area contributed by atoms with Crippen molar-refractivity contribution < 1.29 is 4.57 Å². The Labute approximate surface area is 200 Å². The molecule has 3 heterocycles. The van der Waals surface area contributed by atoms with Crippen molar-refractivity contribution in [1.82, 2.24) is 4.40 Å². The first-order valence-electron chi connectivity index (χ1n) is 12.1. The largest absolute Gasteiger partial charge is 0.307 e. The molecule has 0 saturated carbocycles. The van der Waals surface area contributed by atoms with Crippen LogP contribution < -0.4 is 4.57 Å². The van der Waals surface area contributed by atoms with Gasteiger partial charge in [0.1, 0.15) is 7.05 Å². The minimum absolute atomic E-state index is 0.475. The number of hydrogen-bond acceptors (Lipinski definition) is 0. The van der Waals surface area contributed by atoms with Gasteiger partial charge in [-0.05, 0) is 72.2 Å². The lowest BCUT2D eigenvalue weighted by atomic mass is 9.90. The molecular formula is C31H30N3+. The zero-order valence-corrected chi connectivity index (χ0v) is 21.0. The van der Waals surface area contributed by atoms with Gasteiger partial charge in [-0.2, -0.15) is 0 Å². The maximum Gasteiger partial charge on any atom is 0.252 e. The van der Waals surface area contributed by atoms with Crippen LogP contribution in [0.1, 0.15) is 55.9 Å². The van der Waals surface area contributed by atoms with Crippen molar-refractivity contribution in [3.63, 3.8) is 0 Å². The van der Waals surface area contributed by atoms with Crippen LogP contribution in [-0.4, -0.2) is 4.40 Å². The van der Waals surface area contributed by atoms with Gasteiger partial charge in [0.05, 0.1) is 27.3 Å². The Morgan fingerprint density at radius 2 is 1.71 bits per heavy atom. The van der Waals surface area contributed by atoms with Gasteiger partial charge in [-0.1, -0.05) is 19.9 Å². The van der Waals surface area contributed by atoms with Gasteiger partial charge in [0, 0.05) is 36.2 Å². The van der Waals surface area contributed by atoms with Crippen LogP contribution in [-0.2, 0) is 12.6 Å². The number of aryl methyl sites for hydroxylation is 3. The van der Waals surface area contributed by atoms with Crippen LogP contribution in [0, 0.1) is 20.4 Å². The zero-order chi connectivity index (χ0) is 24.1. The standard InChI is InChI=1S/C31H30N3/c1-17(2)20-9-10-25-23(15-20)24-13-18(3)19(4)27-29(24)34(25)26-16-22(31(5,6)32-7)14-21-11-12-33(8)30(27)28(21)26/h9-17H,1-6,8H3/q+1. The zero-order valence-electron chi connectivity index (χ0n) is 21.0. The fourth-order valence-electron chi connectivity index (χ4n) is 5.70. The van der Waals surface area contributed by atoms with Crippen LogP contribution in [0.25, 0.3) is 53.8 Å². The van der Waals surface area contributed by atoms with E-state index < -0.39 is 5.54 Å². The first kappa shape index (κ1) is 20.9. The molecule has 0 fully saturated rings. The minimum Gasteiger partial charge on any atom is -0.307 e. The summed E-state index contributed by atoms with van der Waals surface area (Å²) in [6.07, 6.45) is 2.17. The molecule has 0 saturated heterocycles. The van der Waals surface area contributed by atoms with E-state index in [1.54, 1.807) is 0 Å². The molecule has 6 rings (SSSR count). The molecule has 3 nitrogen and oxygen atoms in total. The number of fused-ring (bicyclic) bond motifs is 5. The molecule has 0 amide bonds. The van der Waals surface area contributed by atoms with Crippen LogP contribution in [0.5, 0.6) is 0 Å². The van der Waals surface area contributed by atoms with Crippen LogP contribution in [0.3, 0.4) is 0 Å². The van der Waals surface area contributed by atoms with Gasteiger partial charge in [0.2, 0.25) is 5.52 Å². The van der Waals surface area contributed by atoms with Gasteiger partial charge < -0.3 is 9.25 Å². The summed E-state index contributed by atoms with van der Waals surface area (Å²) in [6.45, 7) is 20.9. The van der Waals surface area contributed by atoms with Gasteiger partial charge >= 0.3 is 0 Å². The summed E-state index contributed by atoms with van der Waals surface area (Å²) in [5.74, 6) is 0.475. The number of nitrogens with zero attached hydrogens (tertiary/aromatic N) is 3. The second kappa shape index (κ2) is 6.70. The van der Waals surface area contributed by atoms with Crippen molar-refractivity contribution in [2.24, 2.45) is 7.05 Å². The fourth-order valence-corrected chi connectivity index (χ4v) is 5.70. The first-order chi connectivity index (χ1) is 16.1. The molecule has 168 valence electrons. The highest BCUT2D eigenvalue weighted by Crippen LogP contribution is 2.43. The number of hydrogen-bond donors (Lipinski definition) is 0. The Bertz CT molecular complexity index is 1840. The topological polar surface area (TPSA) is 12.7 Å². The van der Waals surface area contributed by atoms with E-state index in [0.29, 0.717) is 5.92 Å². The van der Waals surface area contributed by atoms with Crippen LogP contribution in [0.4, 0.5) is 0 Å². The lowest BCUT2D eigenvalue weighted by Crippen LogP contribution is -2.29. The molecule has 0 unspecified atom stereocenters. The van der Waals surface area contributed by atoms with Gasteiger partial charge in [0.25, 0.3) is 5.54 Å². The molecular weight excluding hydrogens is 414 g/mol. The summed E-state index contributed by atoms with van der Waals surface area (Å²) < 4.78 is 4.74. The summed E-state index contributed by atoms with van der Waals surface area (Å²) in [4.78, 5) is 3.97. The van der Waals surface area contributed by atoms with E-state index in [9.17, 15) is 0 Å². The van der Waals surface area contributed by atoms with E-state index in [2.05, 4.69) is 97.2 Å². The van der Waals surface area contributed by atoms with Crippen molar-refractivity contribution in [3.8, 4) is 0 Å². The molecule has 0 radical (unpaired) electrons. The normalized spacial score (nSPS) is 12.8. The number of rotatable bonds is 2. The van der Waals surface area contributed by atoms with Crippen molar-refractivity contribution in [2.45, 2.75) is 53.0 Å². The van der Waals surface area contributed by atoms with Gasteiger partial charge in [-0.15, -0.1) is 0 Å². The van der Waals surface area contributed by atoms with Gasteiger partial charge in [-0.25, -0.2) is 11.1 Å². The summed E-state index contributed by atoms with van der Waals surface area (Å²) in [7, 11) is 2.15. The summed E-state index contributed by atoms with van der Waals surface area (Å²) in [6, 6.07) is 16.0. The monoisotopic (exact) mass is 444 g/mol. The molecule has 0 N–H and O–H groups in total. The second-order valence-electron chi connectivity index (χ2n) is 10.8. The predicted octanol–water partition coefficient (Wildman–Crippen LogP) is 7.71. The Morgan fingerprint density at radius 3 is 2.41 bits per heavy atom. The second-order valence-corrected chi connectivity index (χ2v) is 10.8. The van der Waals surface area contributed by atoms with E-state index >= 15 is 0 Å². The lowest BCUT2D eigenvalue weighted by Gasteiger charge is -2.17. The molecule has 3 aromatic carbocycles. The van der Waals surface area contributed by atoms with Crippen molar-refractivity contribution in [1.29, 1.82) is 0 Å². The van der Waals surface area contributed by atoms with Crippen molar-refractivity contribution in [3.05, 3.63) is 82.3 Å². The van der Waals surface area contributed by atoms with Gasteiger partial charge in [-0.3, -0.25) is 0 Å². The summed E-state index contributed by atoms with van der Waals surface area (Å²) in [5, 5.41) is 6.41. The average molecular weight is 445 g/mol. The Kier molecular flexibility index (Phi) is 4.13. The van der Waals surface area contributed by atoms with E-state index in [0.717, 1.165) is 5.56 Å². The minimum atomic E-state index is -0.584. The van der Waals surface area contributed by atoms with E-state index in [-0.39, 0.29) is 0 Å². The quantitative estimate of drug-likeness (QED) is 0.112. The fraction of sp³-hybridized carbons (Fsp3) is 0.290. The lowest BCUT2D eigenvalue weighted by molar-refractivity contribution is -0.643. The van der Waals surface area contributed by atoms with Crippen molar-refractivity contribution >= 4 is 49.0 Å². The average Bonchev–Trinajstić information content (AvgIpc) is 3.13. The predicted molar refractivity (Wildman–Crippen MR) is 143 cm³/mol. The van der Waals surface area contributed by atoms with E-state index in [1.165, 1.54) is 65.7 Å². The SMILES string of the molecule is [C-]#[N+]C(C)(C)c1cc2cc[n+](C)c3c4c(C)c(C)cc5c6cc(C(C)C)ccc6n(c(c1)c23)c54. The molecule has 3 aromatic heterocycles. The molecule has 0 atom stereocenters. The first-order valence-corrected chi connectivity index (χ1v) is 12.1. The van der Waals surface area contributed by atoms with Crippen LogP contribution in [0.15, 0.2) is 48.7 Å². The maximum absolute atomic E-state index is 7.83.